The summed E-state index contributed by atoms with van der Waals surface area (Å²) in [7, 11) is 0. The highest BCUT2D eigenvalue weighted by atomic mass is 32.2. The van der Waals surface area contributed by atoms with Crippen molar-refractivity contribution in [2.24, 2.45) is 0 Å². The predicted octanol–water partition coefficient (Wildman–Crippen LogP) is 3.72. The molecule has 1 saturated carbocycles. The number of carbonyl (C=O) groups is 1. The van der Waals surface area contributed by atoms with Crippen LogP contribution in [0.2, 0.25) is 0 Å². The number of ether oxygens (including phenoxy) is 1. The minimum absolute atomic E-state index is 0.0309. The number of benzene rings is 2. The average molecular weight is 487 g/mol. The lowest BCUT2D eigenvalue weighted by Gasteiger charge is -2.40. The highest BCUT2D eigenvalue weighted by molar-refractivity contribution is 7.80. The minimum Gasteiger partial charge on any atom is -0.404 e. The van der Waals surface area contributed by atoms with Gasteiger partial charge in [-0.3, -0.25) is 19.0 Å². The van der Waals surface area contributed by atoms with Crippen molar-refractivity contribution in [3.8, 4) is 5.75 Å². The number of anilines is 1. The summed E-state index contributed by atoms with van der Waals surface area (Å²) < 4.78 is 77.3. The summed E-state index contributed by atoms with van der Waals surface area (Å²) in [6.07, 6.45) is -3.17. The largest absolute Gasteiger partial charge is 0.573 e. The molecule has 33 heavy (non-hydrogen) atoms. The molecule has 0 aromatic heterocycles. The first kappa shape index (κ1) is 23.5. The third kappa shape index (κ3) is 5.28. The van der Waals surface area contributed by atoms with E-state index in [9.17, 15) is 26.6 Å². The summed E-state index contributed by atoms with van der Waals surface area (Å²) in [4.78, 5) is 16.7. The zero-order chi connectivity index (χ0) is 23.8. The average Bonchev–Trinajstić information content (AvgIpc) is 3.56. The maximum Gasteiger partial charge on any atom is 0.573 e. The molecule has 0 radical (unpaired) electrons. The number of nitrogens with zero attached hydrogens (tertiary/aromatic N) is 2. The van der Waals surface area contributed by atoms with E-state index in [2.05, 4.69) is 9.64 Å². The van der Waals surface area contributed by atoms with Gasteiger partial charge in [0.2, 0.25) is 0 Å². The summed E-state index contributed by atoms with van der Waals surface area (Å²) in [5.74, 6) is -1.54. The molecule has 2 aromatic rings. The van der Waals surface area contributed by atoms with Crippen LogP contribution in [0.5, 0.6) is 5.75 Å². The number of carbonyl (C=O) groups excluding carboxylic acids is 1. The number of hydrogen-bond donors (Lipinski definition) is 2. The number of piperazine rings is 1. The molecule has 1 amide bonds. The highest BCUT2D eigenvalue weighted by Crippen LogP contribution is 2.51. The van der Waals surface area contributed by atoms with Gasteiger partial charge in [-0.1, -0.05) is 12.1 Å². The van der Waals surface area contributed by atoms with Crippen LogP contribution in [0.15, 0.2) is 42.5 Å². The second-order valence-corrected chi connectivity index (χ2v) is 8.63. The van der Waals surface area contributed by atoms with Crippen LogP contribution in [0.4, 0.5) is 23.2 Å². The maximum absolute atomic E-state index is 13.3. The number of alkyl halides is 3. The summed E-state index contributed by atoms with van der Waals surface area (Å²) in [5.41, 5.74) is 0.465. The van der Waals surface area contributed by atoms with Crippen LogP contribution in [0.25, 0.3) is 0 Å². The summed E-state index contributed by atoms with van der Waals surface area (Å²) in [6, 6.07) is 9.67. The first-order chi connectivity index (χ1) is 15.6. The van der Waals surface area contributed by atoms with Crippen molar-refractivity contribution in [3.05, 3.63) is 59.4 Å². The Morgan fingerprint density at radius 2 is 1.70 bits per heavy atom. The van der Waals surface area contributed by atoms with E-state index >= 15 is 0 Å². The number of halogens is 4. The van der Waals surface area contributed by atoms with Crippen LogP contribution in [-0.2, 0) is 16.8 Å². The Labute approximate surface area is 189 Å². The SMILES string of the molecule is O=C(c1ccc(NS(=O)O)c(OC(F)(F)F)c1)N1CCN(C2(c3ccc(F)cc3)CC2)CC1. The van der Waals surface area contributed by atoms with Gasteiger partial charge in [0.05, 0.1) is 5.69 Å². The Bertz CT molecular complexity index is 1050. The molecule has 2 aliphatic rings. The van der Waals surface area contributed by atoms with Crippen LogP contribution in [0, 0.1) is 5.82 Å². The molecule has 1 saturated heterocycles. The Balaban J connectivity index is 1.45. The molecule has 2 fully saturated rings. The monoisotopic (exact) mass is 487 g/mol. The van der Waals surface area contributed by atoms with Gasteiger partial charge in [-0.2, -0.15) is 0 Å². The topological polar surface area (TPSA) is 82.1 Å². The fourth-order valence-electron chi connectivity index (χ4n) is 4.23. The van der Waals surface area contributed by atoms with E-state index in [1.165, 1.54) is 18.2 Å². The number of amides is 1. The van der Waals surface area contributed by atoms with Gasteiger partial charge in [0.25, 0.3) is 17.2 Å². The van der Waals surface area contributed by atoms with Crippen molar-refractivity contribution in [3.63, 3.8) is 0 Å². The molecule has 7 nitrogen and oxygen atoms in total. The first-order valence-corrected chi connectivity index (χ1v) is 11.3. The van der Waals surface area contributed by atoms with E-state index in [-0.39, 0.29) is 22.6 Å². The molecule has 1 heterocycles. The van der Waals surface area contributed by atoms with Crippen molar-refractivity contribution in [2.75, 3.05) is 30.9 Å². The lowest BCUT2D eigenvalue weighted by Crippen LogP contribution is -2.52. The molecule has 0 spiro atoms. The number of nitrogens with one attached hydrogen (secondary N) is 1. The van der Waals surface area contributed by atoms with Gasteiger partial charge in [-0.15, -0.1) is 13.2 Å². The second kappa shape index (κ2) is 8.92. The smallest absolute Gasteiger partial charge is 0.404 e. The van der Waals surface area contributed by atoms with Gasteiger partial charge in [0.15, 0.2) is 5.75 Å². The van der Waals surface area contributed by atoms with Crippen LogP contribution in [-0.4, -0.2) is 57.0 Å². The van der Waals surface area contributed by atoms with Crippen molar-refractivity contribution in [2.45, 2.75) is 24.7 Å². The standard InChI is InChI=1S/C21H21F4N3O4S/c22-16-4-2-15(3-5-16)20(7-8-20)28-11-9-27(10-12-28)19(29)14-1-6-17(26-33(30)31)18(13-14)32-21(23,24)25/h1-6,13,26H,7-12H2,(H,30,31). The zero-order valence-corrected chi connectivity index (χ0v) is 18.1. The third-order valence-electron chi connectivity index (χ3n) is 5.93. The molecule has 178 valence electrons. The first-order valence-electron chi connectivity index (χ1n) is 10.2. The second-order valence-electron chi connectivity index (χ2n) is 7.93. The molecular weight excluding hydrogens is 466 g/mol. The highest BCUT2D eigenvalue weighted by Gasteiger charge is 2.50. The van der Waals surface area contributed by atoms with Crippen molar-refractivity contribution >= 4 is 22.9 Å². The lowest BCUT2D eigenvalue weighted by atomic mass is 10.0. The molecule has 4 rings (SSSR count). The molecule has 2 aromatic carbocycles. The van der Waals surface area contributed by atoms with Crippen molar-refractivity contribution in [1.82, 2.24) is 9.80 Å². The van der Waals surface area contributed by atoms with Crippen LogP contribution < -0.4 is 9.46 Å². The maximum atomic E-state index is 13.3. The number of rotatable bonds is 6. The molecule has 12 heteroatoms. The molecule has 1 atom stereocenters. The van der Waals surface area contributed by atoms with Crippen molar-refractivity contribution < 1.29 is 35.9 Å². The van der Waals surface area contributed by atoms with E-state index in [0.717, 1.165) is 30.5 Å². The van der Waals surface area contributed by atoms with Gasteiger partial charge in [-0.25, -0.2) is 8.60 Å². The quantitative estimate of drug-likeness (QED) is 0.480. The van der Waals surface area contributed by atoms with Gasteiger partial charge in [0, 0.05) is 37.3 Å². The van der Waals surface area contributed by atoms with Gasteiger partial charge >= 0.3 is 6.36 Å². The fourth-order valence-corrected chi connectivity index (χ4v) is 4.59. The summed E-state index contributed by atoms with van der Waals surface area (Å²) in [6.45, 7) is 1.88. The van der Waals surface area contributed by atoms with Crippen LogP contribution >= 0.6 is 0 Å². The van der Waals surface area contributed by atoms with E-state index < -0.39 is 29.3 Å². The Morgan fingerprint density at radius 3 is 2.24 bits per heavy atom. The molecular formula is C21H21F4N3O4S. The minimum atomic E-state index is -5.04. The van der Waals surface area contributed by atoms with E-state index in [4.69, 9.17) is 4.55 Å². The van der Waals surface area contributed by atoms with E-state index in [1.807, 2.05) is 4.72 Å². The Kier molecular flexibility index (Phi) is 6.34. The van der Waals surface area contributed by atoms with Crippen LogP contribution in [0.3, 0.4) is 0 Å². The van der Waals surface area contributed by atoms with Gasteiger partial charge in [-0.05, 0) is 48.7 Å². The molecule has 0 bridgehead atoms. The number of hydrogen-bond acceptors (Lipinski definition) is 4. The zero-order valence-electron chi connectivity index (χ0n) is 17.3. The fraction of sp³-hybridized carbons (Fsp3) is 0.381. The Morgan fingerprint density at radius 1 is 1.06 bits per heavy atom. The summed E-state index contributed by atoms with van der Waals surface area (Å²) >= 11 is -2.62. The van der Waals surface area contributed by atoms with Gasteiger partial charge in [0.1, 0.15) is 5.82 Å². The lowest BCUT2D eigenvalue weighted by molar-refractivity contribution is -0.274. The van der Waals surface area contributed by atoms with E-state index in [0.29, 0.717) is 26.2 Å². The molecule has 1 unspecified atom stereocenters. The predicted molar refractivity (Wildman–Crippen MR) is 112 cm³/mol. The molecule has 1 aliphatic carbocycles. The normalized spacial score (nSPS) is 19.1. The van der Waals surface area contributed by atoms with Gasteiger partial charge < -0.3 is 9.64 Å². The van der Waals surface area contributed by atoms with Crippen LogP contribution in [0.1, 0.15) is 28.8 Å². The van der Waals surface area contributed by atoms with E-state index in [1.54, 1.807) is 17.0 Å². The summed E-state index contributed by atoms with van der Waals surface area (Å²) in [5, 5.41) is 0. The Hall–Kier alpha value is -2.70. The molecule has 2 N–H and O–H groups in total. The third-order valence-corrected chi connectivity index (χ3v) is 6.32. The van der Waals surface area contributed by atoms with Crippen molar-refractivity contribution in [1.29, 1.82) is 0 Å². The molecule has 1 aliphatic heterocycles.